The van der Waals surface area contributed by atoms with E-state index in [4.69, 9.17) is 23.2 Å². The highest BCUT2D eigenvalue weighted by Crippen LogP contribution is 2.20. The Kier molecular flexibility index (Phi) is 4.72. The molecule has 0 fully saturated rings. The predicted octanol–water partition coefficient (Wildman–Crippen LogP) is 3.50. The van der Waals surface area contributed by atoms with Gasteiger partial charge in [0.05, 0.1) is 5.02 Å². The van der Waals surface area contributed by atoms with Gasteiger partial charge in [0.1, 0.15) is 4.90 Å². The van der Waals surface area contributed by atoms with Crippen molar-refractivity contribution in [1.29, 1.82) is 0 Å². The van der Waals surface area contributed by atoms with Crippen LogP contribution in [0, 0.1) is 0 Å². The second kappa shape index (κ2) is 6.34. The van der Waals surface area contributed by atoms with Crippen LogP contribution in [0.3, 0.4) is 0 Å². The molecule has 2 aromatic carbocycles. The number of carbonyl (C=O) groups is 1. The van der Waals surface area contributed by atoms with Gasteiger partial charge in [0.2, 0.25) is 0 Å². The number of hydrogen-bond donors (Lipinski definition) is 2. The van der Waals surface area contributed by atoms with E-state index >= 15 is 0 Å². The molecule has 5 nitrogen and oxygen atoms in total. The molecule has 0 bridgehead atoms. The molecule has 21 heavy (non-hydrogen) atoms. The minimum Gasteiger partial charge on any atom is -0.307 e. The molecule has 0 aliphatic heterocycles. The van der Waals surface area contributed by atoms with Crippen LogP contribution < -0.4 is 10.0 Å². The van der Waals surface area contributed by atoms with Crippen LogP contribution in [0.2, 0.25) is 10.0 Å². The summed E-state index contributed by atoms with van der Waals surface area (Å²) in [5.74, 6) is 0. The van der Waals surface area contributed by atoms with Gasteiger partial charge in [-0.1, -0.05) is 35.3 Å². The van der Waals surface area contributed by atoms with E-state index in [1.54, 1.807) is 30.3 Å². The summed E-state index contributed by atoms with van der Waals surface area (Å²) in [6.07, 6.45) is 0. The highest BCUT2D eigenvalue weighted by molar-refractivity contribution is 7.90. The first-order valence-corrected chi connectivity index (χ1v) is 7.96. The quantitative estimate of drug-likeness (QED) is 0.894. The number of nitrogens with one attached hydrogen (secondary N) is 2. The van der Waals surface area contributed by atoms with Crippen molar-refractivity contribution in [2.24, 2.45) is 0 Å². The molecule has 0 heterocycles. The molecule has 2 aromatic rings. The van der Waals surface area contributed by atoms with Crippen molar-refractivity contribution in [3.05, 3.63) is 58.6 Å². The molecule has 8 heteroatoms. The molecule has 2 N–H and O–H groups in total. The minimum atomic E-state index is -4.04. The summed E-state index contributed by atoms with van der Waals surface area (Å²) in [6.45, 7) is 0. The van der Waals surface area contributed by atoms with Crippen LogP contribution >= 0.6 is 23.2 Å². The Morgan fingerprint density at radius 2 is 1.57 bits per heavy atom. The lowest BCUT2D eigenvalue weighted by Crippen LogP contribution is -2.34. The first-order chi connectivity index (χ1) is 9.88. The molecular weight excluding hydrogens is 335 g/mol. The van der Waals surface area contributed by atoms with Gasteiger partial charge in [-0.3, -0.25) is 0 Å². The fourth-order valence-corrected chi connectivity index (χ4v) is 3.08. The third kappa shape index (κ3) is 4.10. The standard InChI is InChI=1S/C13H10Cl2N2O3S/c14-9-5-7-10(8-6-9)16-13(18)17-21(19,20)12-4-2-1-3-11(12)15/h1-8H,(H2,16,17,18). The van der Waals surface area contributed by atoms with Crippen molar-refractivity contribution in [2.45, 2.75) is 4.90 Å². The number of halogens is 2. The molecule has 0 radical (unpaired) electrons. The van der Waals surface area contributed by atoms with Gasteiger partial charge >= 0.3 is 6.03 Å². The van der Waals surface area contributed by atoms with E-state index in [0.717, 1.165) is 0 Å². The predicted molar refractivity (Wildman–Crippen MR) is 82.2 cm³/mol. The van der Waals surface area contributed by atoms with E-state index in [2.05, 4.69) is 5.32 Å². The first-order valence-electron chi connectivity index (χ1n) is 5.72. The second-order valence-electron chi connectivity index (χ2n) is 4.00. The lowest BCUT2D eigenvalue weighted by atomic mass is 10.3. The smallest absolute Gasteiger partial charge is 0.307 e. The Balaban J connectivity index is 2.12. The number of carbonyl (C=O) groups excluding carboxylic acids is 1. The highest BCUT2D eigenvalue weighted by Gasteiger charge is 2.20. The van der Waals surface area contributed by atoms with Crippen molar-refractivity contribution in [3.8, 4) is 0 Å². The van der Waals surface area contributed by atoms with Crippen LogP contribution in [0.25, 0.3) is 0 Å². The number of rotatable bonds is 3. The molecule has 0 unspecified atom stereocenters. The van der Waals surface area contributed by atoms with Crippen molar-refractivity contribution >= 4 is 44.9 Å². The normalized spacial score (nSPS) is 11.0. The monoisotopic (exact) mass is 344 g/mol. The van der Waals surface area contributed by atoms with Crippen LogP contribution in [-0.4, -0.2) is 14.4 Å². The lowest BCUT2D eigenvalue weighted by Gasteiger charge is -2.09. The van der Waals surface area contributed by atoms with E-state index < -0.39 is 16.1 Å². The summed E-state index contributed by atoms with van der Waals surface area (Å²) >= 11 is 11.5. The molecule has 0 aliphatic carbocycles. The van der Waals surface area contributed by atoms with Gasteiger partial charge in [-0.25, -0.2) is 17.9 Å². The maximum atomic E-state index is 12.0. The molecule has 0 aliphatic rings. The van der Waals surface area contributed by atoms with Crippen LogP contribution in [0.15, 0.2) is 53.4 Å². The summed E-state index contributed by atoms with van der Waals surface area (Å²) < 4.78 is 25.9. The highest BCUT2D eigenvalue weighted by atomic mass is 35.5. The van der Waals surface area contributed by atoms with Crippen molar-refractivity contribution < 1.29 is 13.2 Å². The number of anilines is 1. The van der Waals surface area contributed by atoms with Crippen molar-refractivity contribution in [2.75, 3.05) is 5.32 Å². The average molecular weight is 345 g/mol. The summed E-state index contributed by atoms with van der Waals surface area (Å²) in [5.41, 5.74) is 0.409. The van der Waals surface area contributed by atoms with E-state index in [-0.39, 0.29) is 9.92 Å². The van der Waals surface area contributed by atoms with E-state index in [1.807, 2.05) is 4.72 Å². The Morgan fingerprint density at radius 3 is 2.19 bits per heavy atom. The molecule has 110 valence electrons. The fourth-order valence-electron chi connectivity index (χ4n) is 1.53. The van der Waals surface area contributed by atoms with Gasteiger partial charge in [-0.15, -0.1) is 0 Å². The van der Waals surface area contributed by atoms with Crippen LogP contribution in [0.5, 0.6) is 0 Å². The van der Waals surface area contributed by atoms with Crippen LogP contribution in [-0.2, 0) is 10.0 Å². The number of hydrogen-bond acceptors (Lipinski definition) is 3. The number of urea groups is 1. The Hall–Kier alpha value is -1.76. The van der Waals surface area contributed by atoms with Crippen LogP contribution in [0.4, 0.5) is 10.5 Å². The largest absolute Gasteiger partial charge is 0.333 e. The first kappa shape index (κ1) is 15.6. The zero-order valence-electron chi connectivity index (χ0n) is 10.5. The molecule has 0 spiro atoms. The minimum absolute atomic E-state index is 0.0318. The van der Waals surface area contributed by atoms with Gasteiger partial charge < -0.3 is 5.32 Å². The van der Waals surface area contributed by atoms with Gasteiger partial charge in [-0.2, -0.15) is 0 Å². The maximum absolute atomic E-state index is 12.0. The molecule has 2 amide bonds. The molecule has 0 saturated heterocycles. The summed E-state index contributed by atoms with van der Waals surface area (Å²) in [7, 11) is -4.04. The summed E-state index contributed by atoms with van der Waals surface area (Å²) in [6, 6.07) is 11.2. The van der Waals surface area contributed by atoms with Crippen molar-refractivity contribution in [1.82, 2.24) is 4.72 Å². The molecule has 0 aromatic heterocycles. The van der Waals surface area contributed by atoms with E-state index in [1.165, 1.54) is 18.2 Å². The molecule has 0 saturated carbocycles. The fraction of sp³-hybridized carbons (Fsp3) is 0. The number of benzene rings is 2. The zero-order chi connectivity index (χ0) is 15.5. The third-order valence-corrected chi connectivity index (χ3v) is 4.54. The topological polar surface area (TPSA) is 75.3 Å². The number of amides is 2. The van der Waals surface area contributed by atoms with Crippen LogP contribution in [0.1, 0.15) is 0 Å². The van der Waals surface area contributed by atoms with Gasteiger partial charge in [-0.05, 0) is 36.4 Å². The van der Waals surface area contributed by atoms with E-state index in [0.29, 0.717) is 10.7 Å². The second-order valence-corrected chi connectivity index (χ2v) is 6.49. The lowest BCUT2D eigenvalue weighted by molar-refractivity contribution is 0.256. The SMILES string of the molecule is O=C(Nc1ccc(Cl)cc1)NS(=O)(=O)c1ccccc1Cl. The Labute approximate surface area is 131 Å². The molecule has 0 atom stereocenters. The summed E-state index contributed by atoms with van der Waals surface area (Å²) in [4.78, 5) is 11.6. The summed E-state index contributed by atoms with van der Waals surface area (Å²) in [5, 5.41) is 2.92. The third-order valence-electron chi connectivity index (χ3n) is 2.46. The molecule has 2 rings (SSSR count). The molecular formula is C13H10Cl2N2O3S. The number of sulfonamides is 1. The van der Waals surface area contributed by atoms with Gasteiger partial charge in [0, 0.05) is 10.7 Å². The maximum Gasteiger partial charge on any atom is 0.333 e. The van der Waals surface area contributed by atoms with Gasteiger partial charge in [0.25, 0.3) is 10.0 Å². The Morgan fingerprint density at radius 1 is 0.952 bits per heavy atom. The van der Waals surface area contributed by atoms with Gasteiger partial charge in [0.15, 0.2) is 0 Å². The van der Waals surface area contributed by atoms with Crippen molar-refractivity contribution in [3.63, 3.8) is 0 Å². The zero-order valence-corrected chi connectivity index (χ0v) is 12.8. The van der Waals surface area contributed by atoms with E-state index in [9.17, 15) is 13.2 Å². The Bertz CT molecular complexity index is 761. The average Bonchev–Trinajstić information content (AvgIpc) is 2.41.